The number of H-pyrrole nitrogens is 1. The van der Waals surface area contributed by atoms with Crippen molar-refractivity contribution < 1.29 is 4.79 Å². The molecule has 1 amide bonds. The van der Waals surface area contributed by atoms with Gasteiger partial charge in [0.2, 0.25) is 5.91 Å². The number of aromatic amines is 1. The Morgan fingerprint density at radius 2 is 2.26 bits per heavy atom. The fraction of sp³-hybridized carbons (Fsp3) is 0.400. The van der Waals surface area contributed by atoms with E-state index in [1.54, 1.807) is 0 Å². The maximum Gasteiger partial charge on any atom is 0.240 e. The van der Waals surface area contributed by atoms with Crippen LogP contribution in [0.25, 0.3) is 10.9 Å². The van der Waals surface area contributed by atoms with Crippen LogP contribution in [0.15, 0.2) is 24.4 Å². The van der Waals surface area contributed by atoms with Crippen LogP contribution >= 0.6 is 0 Å². The SMILES string of the molecule is Cc1cccc2[nH]cc(CCNC(=O)C3(N)CC3)c12. The van der Waals surface area contributed by atoms with E-state index in [1.165, 1.54) is 16.5 Å². The van der Waals surface area contributed by atoms with Gasteiger partial charge < -0.3 is 16.0 Å². The average molecular weight is 257 g/mol. The molecule has 0 atom stereocenters. The lowest BCUT2D eigenvalue weighted by molar-refractivity contribution is -0.123. The van der Waals surface area contributed by atoms with E-state index >= 15 is 0 Å². The molecule has 4 heteroatoms. The largest absolute Gasteiger partial charge is 0.361 e. The lowest BCUT2D eigenvalue weighted by Crippen LogP contribution is -2.43. The maximum absolute atomic E-state index is 11.7. The molecule has 1 aromatic carbocycles. The summed E-state index contributed by atoms with van der Waals surface area (Å²) in [5.41, 5.74) is 8.93. The normalized spacial score (nSPS) is 16.5. The first kappa shape index (κ1) is 12.2. The molecule has 0 unspecified atom stereocenters. The number of carbonyl (C=O) groups excluding carboxylic acids is 1. The minimum atomic E-state index is -0.573. The van der Waals surface area contributed by atoms with Gasteiger partial charge in [-0.05, 0) is 43.4 Å². The van der Waals surface area contributed by atoms with Gasteiger partial charge in [0.25, 0.3) is 0 Å². The molecule has 100 valence electrons. The number of hydrogen-bond acceptors (Lipinski definition) is 2. The Kier molecular flexibility index (Phi) is 2.82. The molecule has 0 aliphatic heterocycles. The first-order chi connectivity index (χ1) is 9.10. The number of hydrogen-bond donors (Lipinski definition) is 3. The van der Waals surface area contributed by atoms with Gasteiger partial charge in [-0.15, -0.1) is 0 Å². The van der Waals surface area contributed by atoms with Crippen LogP contribution in [0, 0.1) is 6.92 Å². The van der Waals surface area contributed by atoms with E-state index in [0.717, 1.165) is 24.8 Å². The number of fused-ring (bicyclic) bond motifs is 1. The molecule has 19 heavy (non-hydrogen) atoms. The van der Waals surface area contributed by atoms with E-state index in [2.05, 4.69) is 29.4 Å². The van der Waals surface area contributed by atoms with Crippen molar-refractivity contribution in [1.29, 1.82) is 0 Å². The van der Waals surface area contributed by atoms with Crippen molar-refractivity contribution in [3.63, 3.8) is 0 Å². The number of rotatable bonds is 4. The van der Waals surface area contributed by atoms with Crippen molar-refractivity contribution >= 4 is 16.8 Å². The summed E-state index contributed by atoms with van der Waals surface area (Å²) >= 11 is 0. The topological polar surface area (TPSA) is 70.9 Å². The number of nitrogens with two attached hydrogens (primary N) is 1. The molecule has 0 bridgehead atoms. The number of nitrogens with one attached hydrogen (secondary N) is 2. The van der Waals surface area contributed by atoms with Gasteiger partial charge in [-0.25, -0.2) is 0 Å². The van der Waals surface area contributed by atoms with Crippen LogP contribution in [0.3, 0.4) is 0 Å². The second-order valence-corrected chi connectivity index (χ2v) is 5.47. The second kappa shape index (κ2) is 4.38. The fourth-order valence-electron chi connectivity index (χ4n) is 2.50. The smallest absolute Gasteiger partial charge is 0.240 e. The van der Waals surface area contributed by atoms with Crippen LogP contribution < -0.4 is 11.1 Å². The lowest BCUT2D eigenvalue weighted by Gasteiger charge is -2.09. The molecule has 2 aromatic rings. The highest BCUT2D eigenvalue weighted by Gasteiger charge is 2.45. The zero-order valence-electron chi connectivity index (χ0n) is 11.1. The van der Waals surface area contributed by atoms with Crippen molar-refractivity contribution in [2.24, 2.45) is 5.73 Å². The van der Waals surface area contributed by atoms with Crippen molar-refractivity contribution in [2.75, 3.05) is 6.54 Å². The molecule has 0 saturated heterocycles. The minimum Gasteiger partial charge on any atom is -0.361 e. The summed E-state index contributed by atoms with van der Waals surface area (Å²) in [4.78, 5) is 15.0. The third-order valence-electron chi connectivity index (χ3n) is 3.92. The molecule has 1 fully saturated rings. The highest BCUT2D eigenvalue weighted by atomic mass is 16.2. The summed E-state index contributed by atoms with van der Waals surface area (Å²) in [6.45, 7) is 2.75. The molecule has 0 spiro atoms. The first-order valence-corrected chi connectivity index (χ1v) is 6.73. The average Bonchev–Trinajstić information content (AvgIpc) is 3.00. The third kappa shape index (κ3) is 2.24. The van der Waals surface area contributed by atoms with E-state index in [4.69, 9.17) is 5.73 Å². The van der Waals surface area contributed by atoms with Crippen LogP contribution in [-0.4, -0.2) is 23.0 Å². The van der Waals surface area contributed by atoms with Gasteiger partial charge in [0, 0.05) is 23.6 Å². The Morgan fingerprint density at radius 3 is 3.00 bits per heavy atom. The molecule has 1 heterocycles. The molecule has 4 nitrogen and oxygen atoms in total. The van der Waals surface area contributed by atoms with Gasteiger partial charge in [-0.1, -0.05) is 12.1 Å². The molecule has 0 radical (unpaired) electrons. The van der Waals surface area contributed by atoms with E-state index in [-0.39, 0.29) is 5.91 Å². The van der Waals surface area contributed by atoms with Crippen molar-refractivity contribution in [2.45, 2.75) is 31.7 Å². The Morgan fingerprint density at radius 1 is 1.47 bits per heavy atom. The van der Waals surface area contributed by atoms with E-state index in [1.807, 2.05) is 12.3 Å². The van der Waals surface area contributed by atoms with Crippen molar-refractivity contribution in [3.05, 3.63) is 35.5 Å². The Balaban J connectivity index is 1.67. The van der Waals surface area contributed by atoms with Crippen LogP contribution in [-0.2, 0) is 11.2 Å². The summed E-state index contributed by atoms with van der Waals surface area (Å²) in [7, 11) is 0. The predicted octanol–water partition coefficient (Wildman–Crippen LogP) is 1.63. The van der Waals surface area contributed by atoms with Crippen LogP contribution in [0.5, 0.6) is 0 Å². The van der Waals surface area contributed by atoms with Gasteiger partial charge in [-0.3, -0.25) is 4.79 Å². The minimum absolute atomic E-state index is 0.0101. The number of aryl methyl sites for hydroxylation is 1. The molecule has 1 saturated carbocycles. The van der Waals surface area contributed by atoms with Gasteiger partial charge in [-0.2, -0.15) is 0 Å². The number of carbonyl (C=O) groups is 1. The maximum atomic E-state index is 11.7. The molecule has 1 aliphatic rings. The summed E-state index contributed by atoms with van der Waals surface area (Å²) in [5.74, 6) is -0.0101. The number of amides is 1. The quantitative estimate of drug-likeness (QED) is 0.779. The predicted molar refractivity (Wildman–Crippen MR) is 75.9 cm³/mol. The van der Waals surface area contributed by atoms with Gasteiger partial charge in [0.1, 0.15) is 0 Å². The molecule has 3 rings (SSSR count). The highest BCUT2D eigenvalue weighted by Crippen LogP contribution is 2.32. The number of aromatic nitrogens is 1. The Hall–Kier alpha value is -1.81. The molecule has 1 aliphatic carbocycles. The van der Waals surface area contributed by atoms with E-state index in [0.29, 0.717) is 6.54 Å². The monoisotopic (exact) mass is 257 g/mol. The van der Waals surface area contributed by atoms with Gasteiger partial charge in [0.05, 0.1) is 5.54 Å². The van der Waals surface area contributed by atoms with Crippen LogP contribution in [0.2, 0.25) is 0 Å². The summed E-state index contributed by atoms with van der Waals surface area (Å²) in [6.07, 6.45) is 4.47. The molecule has 4 N–H and O–H groups in total. The third-order valence-corrected chi connectivity index (χ3v) is 3.92. The summed E-state index contributed by atoms with van der Waals surface area (Å²) in [5, 5.41) is 4.20. The highest BCUT2D eigenvalue weighted by molar-refractivity contribution is 5.89. The van der Waals surface area contributed by atoms with Crippen LogP contribution in [0.1, 0.15) is 24.0 Å². The van der Waals surface area contributed by atoms with E-state index < -0.39 is 5.54 Å². The summed E-state index contributed by atoms with van der Waals surface area (Å²) < 4.78 is 0. The zero-order chi connectivity index (χ0) is 13.5. The second-order valence-electron chi connectivity index (χ2n) is 5.47. The standard InChI is InChI=1S/C15H19N3O/c1-10-3-2-4-12-13(10)11(9-18-12)5-8-17-14(19)15(16)6-7-15/h2-4,9,18H,5-8,16H2,1H3,(H,17,19). The van der Waals surface area contributed by atoms with E-state index in [9.17, 15) is 4.79 Å². The zero-order valence-corrected chi connectivity index (χ0v) is 11.1. The molecular weight excluding hydrogens is 238 g/mol. The first-order valence-electron chi connectivity index (χ1n) is 6.73. The summed E-state index contributed by atoms with van der Waals surface area (Å²) in [6, 6.07) is 6.23. The Bertz CT molecular complexity index is 625. The van der Waals surface area contributed by atoms with Crippen molar-refractivity contribution in [3.8, 4) is 0 Å². The Labute approximate surface area is 112 Å². The fourth-order valence-corrected chi connectivity index (χ4v) is 2.50. The lowest BCUT2D eigenvalue weighted by atomic mass is 10.1. The number of benzene rings is 1. The molecule has 1 aromatic heterocycles. The van der Waals surface area contributed by atoms with Crippen LogP contribution in [0.4, 0.5) is 0 Å². The van der Waals surface area contributed by atoms with Gasteiger partial charge >= 0.3 is 0 Å². The molecular formula is C15H19N3O. The van der Waals surface area contributed by atoms with Crippen molar-refractivity contribution in [1.82, 2.24) is 10.3 Å². The van der Waals surface area contributed by atoms with Gasteiger partial charge in [0.15, 0.2) is 0 Å².